The van der Waals surface area contributed by atoms with Crippen LogP contribution in [0.5, 0.6) is 0 Å². The molecule has 4 nitrogen and oxygen atoms in total. The van der Waals surface area contributed by atoms with Gasteiger partial charge in [-0.2, -0.15) is 0 Å². The summed E-state index contributed by atoms with van der Waals surface area (Å²) >= 11 is 18.6. The fourth-order valence-corrected chi connectivity index (χ4v) is 4.35. The molecule has 8 heteroatoms. The number of nitrogens with one attached hydrogen (secondary N) is 1. The van der Waals surface area contributed by atoms with Gasteiger partial charge in [0.05, 0.1) is 16.8 Å². The summed E-state index contributed by atoms with van der Waals surface area (Å²) in [7, 11) is 0. The van der Waals surface area contributed by atoms with E-state index in [4.69, 9.17) is 34.8 Å². The van der Waals surface area contributed by atoms with Crippen LogP contribution < -0.4 is 10.2 Å². The van der Waals surface area contributed by atoms with E-state index in [0.29, 0.717) is 40.4 Å². The summed E-state index contributed by atoms with van der Waals surface area (Å²) in [6, 6.07) is 18.3. The minimum atomic E-state index is -0.404. The fourth-order valence-electron chi connectivity index (χ4n) is 3.71. The first kappa shape index (κ1) is 21.8. The lowest BCUT2D eigenvalue weighted by atomic mass is 10.0. The normalized spacial score (nSPS) is 16.3. The number of piperazine rings is 1. The molecule has 0 bridgehead atoms. The molecular weight excluding hydrogens is 460 g/mol. The maximum absolute atomic E-state index is 13.5. The Morgan fingerprint density at radius 3 is 2.39 bits per heavy atom. The Morgan fingerprint density at radius 1 is 0.935 bits per heavy atom. The summed E-state index contributed by atoms with van der Waals surface area (Å²) in [6.07, 6.45) is 0. The van der Waals surface area contributed by atoms with Crippen molar-refractivity contribution in [3.8, 4) is 0 Å². The van der Waals surface area contributed by atoms with Crippen molar-refractivity contribution >= 4 is 52.2 Å². The van der Waals surface area contributed by atoms with Crippen molar-refractivity contribution < 1.29 is 9.18 Å². The fraction of sp³-hybridized carbons (Fsp3) is 0.174. The third-order valence-electron chi connectivity index (χ3n) is 5.22. The van der Waals surface area contributed by atoms with E-state index < -0.39 is 5.82 Å². The Balaban J connectivity index is 1.60. The van der Waals surface area contributed by atoms with Crippen LogP contribution in [-0.4, -0.2) is 30.6 Å². The van der Waals surface area contributed by atoms with Crippen molar-refractivity contribution in [3.05, 3.63) is 93.2 Å². The van der Waals surface area contributed by atoms with Gasteiger partial charge < -0.3 is 15.1 Å². The number of benzene rings is 3. The van der Waals surface area contributed by atoms with E-state index in [1.165, 1.54) is 12.1 Å². The molecule has 1 atom stereocenters. The molecule has 4 rings (SSSR count). The van der Waals surface area contributed by atoms with Crippen molar-refractivity contribution in [1.29, 1.82) is 0 Å². The highest BCUT2D eigenvalue weighted by Crippen LogP contribution is 2.37. The van der Waals surface area contributed by atoms with Crippen molar-refractivity contribution in [2.24, 2.45) is 0 Å². The van der Waals surface area contributed by atoms with Crippen LogP contribution in [0.15, 0.2) is 66.7 Å². The average molecular weight is 479 g/mol. The number of carbonyl (C=O) groups excluding carboxylic acids is 1. The molecule has 3 aromatic carbocycles. The number of hydrogen-bond acceptors (Lipinski definition) is 2. The van der Waals surface area contributed by atoms with E-state index in [0.717, 1.165) is 11.3 Å². The molecule has 1 aliphatic rings. The SMILES string of the molecule is O=C(Nc1cccc(F)c1)N1CCN(c2ccc(Cl)cc2Cl)C(c2ccc(Cl)cc2)C1. The van der Waals surface area contributed by atoms with E-state index in [9.17, 15) is 9.18 Å². The van der Waals surface area contributed by atoms with Gasteiger partial charge in [-0.25, -0.2) is 9.18 Å². The van der Waals surface area contributed by atoms with Crippen molar-refractivity contribution in [2.45, 2.75) is 6.04 Å². The summed E-state index contributed by atoms with van der Waals surface area (Å²) in [6.45, 7) is 1.46. The van der Waals surface area contributed by atoms with Crippen molar-refractivity contribution in [2.75, 3.05) is 29.9 Å². The minimum absolute atomic E-state index is 0.150. The molecule has 1 N–H and O–H groups in total. The van der Waals surface area contributed by atoms with E-state index in [-0.39, 0.29) is 12.1 Å². The Morgan fingerprint density at radius 2 is 1.68 bits per heavy atom. The summed E-state index contributed by atoms with van der Waals surface area (Å²) in [4.78, 5) is 16.7. The highest BCUT2D eigenvalue weighted by molar-refractivity contribution is 6.36. The first-order valence-corrected chi connectivity index (χ1v) is 10.8. The minimum Gasteiger partial charge on any atom is -0.360 e. The maximum atomic E-state index is 13.5. The zero-order valence-electron chi connectivity index (χ0n) is 16.4. The topological polar surface area (TPSA) is 35.6 Å². The van der Waals surface area contributed by atoms with E-state index in [1.807, 2.05) is 30.3 Å². The zero-order valence-corrected chi connectivity index (χ0v) is 18.6. The maximum Gasteiger partial charge on any atom is 0.321 e. The summed E-state index contributed by atoms with van der Waals surface area (Å²) in [5, 5.41) is 4.51. The third-order valence-corrected chi connectivity index (χ3v) is 6.01. The molecule has 0 radical (unpaired) electrons. The van der Waals surface area contributed by atoms with Crippen LogP contribution in [-0.2, 0) is 0 Å². The smallest absolute Gasteiger partial charge is 0.321 e. The molecule has 3 aromatic rings. The largest absolute Gasteiger partial charge is 0.360 e. The van der Waals surface area contributed by atoms with Gasteiger partial charge in [0.1, 0.15) is 5.82 Å². The third kappa shape index (κ3) is 5.06. The van der Waals surface area contributed by atoms with Gasteiger partial charge in [0.2, 0.25) is 0 Å². The van der Waals surface area contributed by atoms with E-state index in [1.54, 1.807) is 29.2 Å². The molecular formula is C23H19Cl3FN3O. The molecule has 0 spiro atoms. The highest BCUT2D eigenvalue weighted by atomic mass is 35.5. The summed E-state index contributed by atoms with van der Waals surface area (Å²) in [5.41, 5.74) is 2.26. The van der Waals surface area contributed by atoms with Crippen LogP contribution in [0.4, 0.5) is 20.6 Å². The lowest BCUT2D eigenvalue weighted by Crippen LogP contribution is -2.51. The Hall–Kier alpha value is -2.47. The molecule has 1 fully saturated rings. The van der Waals surface area contributed by atoms with Crippen LogP contribution >= 0.6 is 34.8 Å². The molecule has 1 heterocycles. The van der Waals surface area contributed by atoms with Gasteiger partial charge in [0, 0.05) is 35.4 Å². The van der Waals surface area contributed by atoms with Crippen LogP contribution in [0.1, 0.15) is 11.6 Å². The number of hydrogen-bond donors (Lipinski definition) is 1. The Bertz CT molecular complexity index is 1090. The van der Waals surface area contributed by atoms with Gasteiger partial charge in [0.25, 0.3) is 0 Å². The molecule has 31 heavy (non-hydrogen) atoms. The second-order valence-corrected chi connectivity index (χ2v) is 8.52. The van der Waals surface area contributed by atoms with Crippen LogP contribution in [0.2, 0.25) is 15.1 Å². The second-order valence-electron chi connectivity index (χ2n) is 7.24. The molecule has 0 aliphatic carbocycles. The van der Waals surface area contributed by atoms with Gasteiger partial charge in [-0.05, 0) is 54.1 Å². The number of nitrogens with zero attached hydrogens (tertiary/aromatic N) is 2. The molecule has 0 aromatic heterocycles. The highest BCUT2D eigenvalue weighted by Gasteiger charge is 2.32. The van der Waals surface area contributed by atoms with Gasteiger partial charge in [-0.1, -0.05) is 53.0 Å². The predicted octanol–water partition coefficient (Wildman–Crippen LogP) is 6.88. The molecule has 0 saturated carbocycles. The quantitative estimate of drug-likeness (QED) is 0.445. The van der Waals surface area contributed by atoms with E-state index in [2.05, 4.69) is 10.2 Å². The lowest BCUT2D eigenvalue weighted by molar-refractivity contribution is 0.198. The van der Waals surface area contributed by atoms with Crippen LogP contribution in [0.25, 0.3) is 0 Å². The molecule has 2 amide bonds. The summed E-state index contributed by atoms with van der Waals surface area (Å²) < 4.78 is 13.5. The number of urea groups is 1. The zero-order chi connectivity index (χ0) is 22.0. The number of amides is 2. The molecule has 160 valence electrons. The standard InChI is InChI=1S/C23H19Cl3FN3O/c24-16-6-4-15(5-7-16)22-14-29(23(31)28-19-3-1-2-18(27)13-19)10-11-30(22)21-9-8-17(25)12-20(21)26/h1-9,12-13,22H,10-11,14H2,(H,28,31). The number of halogens is 4. The average Bonchev–Trinajstić information content (AvgIpc) is 2.74. The molecule has 1 aliphatic heterocycles. The number of carbonyl (C=O) groups is 1. The molecule has 1 saturated heterocycles. The monoisotopic (exact) mass is 477 g/mol. The van der Waals surface area contributed by atoms with Gasteiger partial charge >= 0.3 is 6.03 Å². The number of rotatable bonds is 3. The van der Waals surface area contributed by atoms with Crippen LogP contribution in [0.3, 0.4) is 0 Å². The van der Waals surface area contributed by atoms with Crippen molar-refractivity contribution in [3.63, 3.8) is 0 Å². The first-order valence-electron chi connectivity index (χ1n) is 9.69. The van der Waals surface area contributed by atoms with Gasteiger partial charge in [0.15, 0.2) is 0 Å². The first-order chi connectivity index (χ1) is 14.9. The second kappa shape index (κ2) is 9.35. The molecule has 1 unspecified atom stereocenters. The van der Waals surface area contributed by atoms with Crippen LogP contribution in [0, 0.1) is 5.82 Å². The summed E-state index contributed by atoms with van der Waals surface area (Å²) in [5.74, 6) is -0.404. The predicted molar refractivity (Wildman–Crippen MR) is 125 cm³/mol. The lowest BCUT2D eigenvalue weighted by Gasteiger charge is -2.43. The van der Waals surface area contributed by atoms with Crippen molar-refractivity contribution in [1.82, 2.24) is 4.90 Å². The number of anilines is 2. The Labute approximate surface area is 195 Å². The van der Waals surface area contributed by atoms with E-state index >= 15 is 0 Å². The van der Waals surface area contributed by atoms with Gasteiger partial charge in [-0.3, -0.25) is 0 Å². The van der Waals surface area contributed by atoms with Gasteiger partial charge in [-0.15, -0.1) is 0 Å². The Kier molecular flexibility index (Phi) is 6.56.